The van der Waals surface area contributed by atoms with Gasteiger partial charge in [0.15, 0.2) is 5.82 Å². The van der Waals surface area contributed by atoms with E-state index in [0.717, 1.165) is 21.7 Å². The molecule has 0 radical (unpaired) electrons. The van der Waals surface area contributed by atoms with Crippen LogP contribution in [0, 0.1) is 0 Å². The molecule has 1 aromatic carbocycles. The molecule has 1 fully saturated rings. The molecule has 4 nitrogen and oxygen atoms in total. The van der Waals surface area contributed by atoms with E-state index < -0.39 is 0 Å². The van der Waals surface area contributed by atoms with Gasteiger partial charge in [0.1, 0.15) is 5.82 Å². The van der Waals surface area contributed by atoms with Crippen molar-refractivity contribution in [3.05, 3.63) is 33.5 Å². The van der Waals surface area contributed by atoms with Gasteiger partial charge in [-0.1, -0.05) is 27.5 Å². The van der Waals surface area contributed by atoms with Gasteiger partial charge in [0.25, 0.3) is 0 Å². The van der Waals surface area contributed by atoms with E-state index in [-0.39, 0.29) is 0 Å². The molecule has 0 atom stereocenters. The predicted molar refractivity (Wildman–Crippen MR) is 74.3 cm³/mol. The standard InChI is InChI=1S/C12H12BrClN4/c13-8-3-7(4-9(14)5-8)12-17-16-11(6-15)18(12)10-1-2-10/h3-5,10H,1-2,6,15H2. The van der Waals surface area contributed by atoms with Gasteiger partial charge in [0, 0.05) is 21.1 Å². The fourth-order valence-corrected chi connectivity index (χ4v) is 2.92. The van der Waals surface area contributed by atoms with Crippen LogP contribution in [0.1, 0.15) is 24.7 Å². The Morgan fingerprint density at radius 1 is 1.33 bits per heavy atom. The Bertz CT molecular complexity index is 572. The minimum Gasteiger partial charge on any atom is -0.324 e. The first-order chi connectivity index (χ1) is 8.69. The number of rotatable bonds is 3. The van der Waals surface area contributed by atoms with Crippen molar-refractivity contribution in [2.75, 3.05) is 0 Å². The molecule has 0 saturated heterocycles. The summed E-state index contributed by atoms with van der Waals surface area (Å²) in [6.45, 7) is 0.408. The molecular weight excluding hydrogens is 316 g/mol. The number of nitrogens with two attached hydrogens (primary N) is 1. The summed E-state index contributed by atoms with van der Waals surface area (Å²) in [4.78, 5) is 0. The Balaban J connectivity index is 2.13. The number of hydrogen-bond donors (Lipinski definition) is 1. The Kier molecular flexibility index (Phi) is 3.13. The van der Waals surface area contributed by atoms with E-state index in [1.54, 1.807) is 0 Å². The van der Waals surface area contributed by atoms with Crippen LogP contribution in [-0.4, -0.2) is 14.8 Å². The lowest BCUT2D eigenvalue weighted by Gasteiger charge is -2.08. The normalized spacial score (nSPS) is 15.1. The number of nitrogens with zero attached hydrogens (tertiary/aromatic N) is 3. The summed E-state index contributed by atoms with van der Waals surface area (Å²) >= 11 is 9.52. The number of halogens is 2. The molecule has 18 heavy (non-hydrogen) atoms. The highest BCUT2D eigenvalue weighted by Gasteiger charge is 2.29. The topological polar surface area (TPSA) is 56.7 Å². The van der Waals surface area contributed by atoms with Crippen molar-refractivity contribution in [1.82, 2.24) is 14.8 Å². The van der Waals surface area contributed by atoms with Gasteiger partial charge in [0.2, 0.25) is 0 Å². The van der Waals surface area contributed by atoms with Crippen LogP contribution < -0.4 is 5.73 Å². The Morgan fingerprint density at radius 3 is 2.72 bits per heavy atom. The van der Waals surface area contributed by atoms with Gasteiger partial charge >= 0.3 is 0 Å². The van der Waals surface area contributed by atoms with Crippen molar-refractivity contribution in [2.45, 2.75) is 25.4 Å². The first-order valence-corrected chi connectivity index (χ1v) is 6.96. The first kappa shape index (κ1) is 12.1. The van der Waals surface area contributed by atoms with Gasteiger partial charge in [-0.25, -0.2) is 0 Å². The van der Waals surface area contributed by atoms with E-state index in [0.29, 0.717) is 17.6 Å². The second-order valence-electron chi connectivity index (χ2n) is 4.40. The molecule has 94 valence electrons. The molecule has 2 aromatic rings. The highest BCUT2D eigenvalue weighted by Crippen LogP contribution is 2.39. The van der Waals surface area contributed by atoms with Gasteiger partial charge < -0.3 is 10.3 Å². The summed E-state index contributed by atoms with van der Waals surface area (Å²) in [5, 5.41) is 9.09. The SMILES string of the molecule is NCc1nnc(-c2cc(Cl)cc(Br)c2)n1C1CC1. The van der Waals surface area contributed by atoms with Gasteiger partial charge in [-0.15, -0.1) is 10.2 Å². The Labute approximate surface area is 118 Å². The maximum absolute atomic E-state index is 6.08. The summed E-state index contributed by atoms with van der Waals surface area (Å²) in [5.41, 5.74) is 6.67. The minimum atomic E-state index is 0.408. The van der Waals surface area contributed by atoms with Crippen molar-refractivity contribution in [2.24, 2.45) is 5.73 Å². The minimum absolute atomic E-state index is 0.408. The van der Waals surface area contributed by atoms with Crippen LogP contribution in [0.15, 0.2) is 22.7 Å². The zero-order valence-electron chi connectivity index (χ0n) is 9.61. The monoisotopic (exact) mass is 326 g/mol. The number of hydrogen-bond acceptors (Lipinski definition) is 3. The smallest absolute Gasteiger partial charge is 0.164 e. The fourth-order valence-electron chi connectivity index (χ4n) is 2.06. The molecular formula is C12H12BrClN4. The van der Waals surface area contributed by atoms with Crippen molar-refractivity contribution in [1.29, 1.82) is 0 Å². The molecule has 1 aromatic heterocycles. The highest BCUT2D eigenvalue weighted by atomic mass is 79.9. The maximum atomic E-state index is 6.08. The summed E-state index contributed by atoms with van der Waals surface area (Å²) in [6, 6.07) is 6.24. The molecule has 1 aliphatic carbocycles. The van der Waals surface area contributed by atoms with Gasteiger partial charge in [0.05, 0.1) is 6.54 Å². The quantitative estimate of drug-likeness (QED) is 0.942. The Hall–Kier alpha value is -0.910. The van der Waals surface area contributed by atoms with E-state index in [4.69, 9.17) is 17.3 Å². The summed E-state index contributed by atoms with van der Waals surface area (Å²) in [7, 11) is 0. The van der Waals surface area contributed by atoms with Crippen LogP contribution in [0.5, 0.6) is 0 Å². The van der Waals surface area contributed by atoms with Crippen molar-refractivity contribution >= 4 is 27.5 Å². The molecule has 6 heteroatoms. The summed E-state index contributed by atoms with van der Waals surface area (Å²) < 4.78 is 3.07. The van der Waals surface area contributed by atoms with Gasteiger partial charge in [-0.2, -0.15) is 0 Å². The van der Waals surface area contributed by atoms with Crippen LogP contribution in [-0.2, 0) is 6.54 Å². The van der Waals surface area contributed by atoms with Crippen molar-refractivity contribution in [3.8, 4) is 11.4 Å². The maximum Gasteiger partial charge on any atom is 0.164 e. The third kappa shape index (κ3) is 2.18. The van der Waals surface area contributed by atoms with E-state index in [1.165, 1.54) is 12.8 Å². The molecule has 0 spiro atoms. The number of benzene rings is 1. The lowest BCUT2D eigenvalue weighted by molar-refractivity contribution is 0.688. The van der Waals surface area contributed by atoms with Crippen LogP contribution in [0.4, 0.5) is 0 Å². The molecule has 0 aliphatic heterocycles. The van der Waals surface area contributed by atoms with E-state index in [2.05, 4.69) is 30.7 Å². The lowest BCUT2D eigenvalue weighted by atomic mass is 10.2. The second-order valence-corrected chi connectivity index (χ2v) is 5.76. The van der Waals surface area contributed by atoms with Crippen LogP contribution >= 0.6 is 27.5 Å². The van der Waals surface area contributed by atoms with Crippen molar-refractivity contribution in [3.63, 3.8) is 0 Å². The van der Waals surface area contributed by atoms with Gasteiger partial charge in [-0.05, 0) is 31.0 Å². The molecule has 3 rings (SSSR count). The Morgan fingerprint density at radius 2 is 2.11 bits per heavy atom. The third-order valence-corrected chi connectivity index (χ3v) is 3.66. The molecule has 0 unspecified atom stereocenters. The lowest BCUT2D eigenvalue weighted by Crippen LogP contribution is -2.08. The predicted octanol–water partition coefficient (Wildman–Crippen LogP) is 3.15. The zero-order valence-corrected chi connectivity index (χ0v) is 11.9. The van der Waals surface area contributed by atoms with Gasteiger partial charge in [-0.3, -0.25) is 0 Å². The molecule has 1 saturated carbocycles. The molecule has 0 amide bonds. The molecule has 1 heterocycles. The number of aromatic nitrogens is 3. The van der Waals surface area contributed by atoms with Crippen molar-refractivity contribution < 1.29 is 0 Å². The zero-order chi connectivity index (χ0) is 12.7. The average molecular weight is 328 g/mol. The first-order valence-electron chi connectivity index (χ1n) is 5.79. The second kappa shape index (κ2) is 4.64. The third-order valence-electron chi connectivity index (χ3n) is 2.98. The summed E-state index contributed by atoms with van der Waals surface area (Å²) in [5.74, 6) is 1.68. The molecule has 0 bridgehead atoms. The fraction of sp³-hybridized carbons (Fsp3) is 0.333. The van der Waals surface area contributed by atoms with E-state index >= 15 is 0 Å². The highest BCUT2D eigenvalue weighted by molar-refractivity contribution is 9.10. The largest absolute Gasteiger partial charge is 0.324 e. The summed E-state index contributed by atoms with van der Waals surface area (Å²) in [6.07, 6.45) is 2.33. The van der Waals surface area contributed by atoms with E-state index in [9.17, 15) is 0 Å². The van der Waals surface area contributed by atoms with Crippen LogP contribution in [0.2, 0.25) is 5.02 Å². The molecule has 2 N–H and O–H groups in total. The average Bonchev–Trinajstić information content (AvgIpc) is 3.07. The van der Waals surface area contributed by atoms with E-state index in [1.807, 2.05) is 18.2 Å². The van der Waals surface area contributed by atoms with Crippen LogP contribution in [0.3, 0.4) is 0 Å². The molecule has 1 aliphatic rings. The van der Waals surface area contributed by atoms with Crippen LogP contribution in [0.25, 0.3) is 11.4 Å².